The Kier molecular flexibility index (Phi) is 10.6. The van der Waals surface area contributed by atoms with E-state index in [0.717, 1.165) is 5.56 Å². The summed E-state index contributed by atoms with van der Waals surface area (Å²) in [6.07, 6.45) is 1.45. The van der Waals surface area contributed by atoms with Crippen molar-refractivity contribution in [1.82, 2.24) is 10.7 Å². The first-order chi connectivity index (χ1) is 18.3. The number of hydrogen-bond acceptors (Lipinski definition) is 7. The molecule has 0 aliphatic rings. The van der Waals surface area contributed by atoms with Crippen molar-refractivity contribution in [3.63, 3.8) is 0 Å². The molecule has 0 aliphatic heterocycles. The lowest BCUT2D eigenvalue weighted by atomic mass is 10.2. The van der Waals surface area contributed by atoms with Crippen LogP contribution >= 0.6 is 23.2 Å². The van der Waals surface area contributed by atoms with Crippen LogP contribution in [-0.4, -0.2) is 45.4 Å². The monoisotopic (exact) mass is 559 g/mol. The fourth-order valence-electron chi connectivity index (χ4n) is 3.25. The molecule has 0 saturated heterocycles. The SMILES string of the molecule is CCOc1cc(C=NNC(=O)CNC(=O)c2ccc(OC)c(OC)c2)ccc1OCc1ccc(Cl)cc1Cl. The largest absolute Gasteiger partial charge is 0.493 e. The fourth-order valence-corrected chi connectivity index (χ4v) is 3.71. The molecule has 2 N–H and O–H groups in total. The summed E-state index contributed by atoms with van der Waals surface area (Å²) in [5.41, 5.74) is 4.15. The van der Waals surface area contributed by atoms with E-state index in [4.69, 9.17) is 42.1 Å². The lowest BCUT2D eigenvalue weighted by Gasteiger charge is -2.13. The van der Waals surface area contributed by atoms with Crippen molar-refractivity contribution in [3.05, 3.63) is 81.3 Å². The molecule has 3 aromatic carbocycles. The molecule has 0 heterocycles. The van der Waals surface area contributed by atoms with Gasteiger partial charge in [-0.3, -0.25) is 9.59 Å². The van der Waals surface area contributed by atoms with Crippen LogP contribution < -0.4 is 29.7 Å². The molecule has 3 aromatic rings. The maximum Gasteiger partial charge on any atom is 0.259 e. The van der Waals surface area contributed by atoms with E-state index >= 15 is 0 Å². The van der Waals surface area contributed by atoms with Gasteiger partial charge in [0.2, 0.25) is 0 Å². The molecule has 0 aromatic heterocycles. The number of hydrogen-bond donors (Lipinski definition) is 2. The molecule has 0 spiro atoms. The second-order valence-electron chi connectivity index (χ2n) is 7.71. The Morgan fingerprint density at radius 1 is 0.895 bits per heavy atom. The summed E-state index contributed by atoms with van der Waals surface area (Å²) in [7, 11) is 2.97. The number of methoxy groups -OCH3 is 2. The standard InChI is InChI=1S/C27H27Cl2N3O6/c1-4-37-25-11-17(5-9-23(25)38-16-19-6-8-20(28)13-21(19)29)14-31-32-26(33)15-30-27(34)18-7-10-22(35-2)24(12-18)36-3/h5-14H,4,15-16H2,1-3H3,(H,30,34)(H,32,33). The lowest BCUT2D eigenvalue weighted by molar-refractivity contribution is -0.120. The number of halogens is 2. The molecule has 9 nitrogen and oxygen atoms in total. The second kappa shape index (κ2) is 14.1. The van der Waals surface area contributed by atoms with Gasteiger partial charge in [0, 0.05) is 21.2 Å². The molecular weight excluding hydrogens is 533 g/mol. The van der Waals surface area contributed by atoms with Crippen LogP contribution in [-0.2, 0) is 11.4 Å². The topological polar surface area (TPSA) is 107 Å². The zero-order valence-corrected chi connectivity index (χ0v) is 22.6. The quantitative estimate of drug-likeness (QED) is 0.242. The molecule has 0 unspecified atom stereocenters. The van der Waals surface area contributed by atoms with E-state index in [1.165, 1.54) is 26.5 Å². The Labute approximate surface area is 230 Å². The van der Waals surface area contributed by atoms with E-state index in [2.05, 4.69) is 15.8 Å². The van der Waals surface area contributed by atoms with E-state index in [-0.39, 0.29) is 13.2 Å². The van der Waals surface area contributed by atoms with Gasteiger partial charge < -0.3 is 24.3 Å². The third-order valence-electron chi connectivity index (χ3n) is 5.12. The minimum absolute atomic E-state index is 0.231. The van der Waals surface area contributed by atoms with E-state index < -0.39 is 11.8 Å². The first kappa shape index (κ1) is 28.6. The molecule has 0 saturated carbocycles. The highest BCUT2D eigenvalue weighted by Gasteiger charge is 2.12. The summed E-state index contributed by atoms with van der Waals surface area (Å²) in [6.45, 7) is 2.25. The number of carbonyl (C=O) groups excluding carboxylic acids is 2. The molecule has 0 bridgehead atoms. The van der Waals surface area contributed by atoms with Crippen molar-refractivity contribution in [2.75, 3.05) is 27.4 Å². The molecular formula is C27H27Cl2N3O6. The maximum absolute atomic E-state index is 12.4. The average molecular weight is 560 g/mol. The summed E-state index contributed by atoms with van der Waals surface area (Å²) in [5.74, 6) is 0.994. The van der Waals surface area contributed by atoms with Crippen LogP contribution in [0.5, 0.6) is 23.0 Å². The number of hydrazone groups is 1. The van der Waals surface area contributed by atoms with Crippen molar-refractivity contribution in [2.45, 2.75) is 13.5 Å². The van der Waals surface area contributed by atoms with Gasteiger partial charge in [0.25, 0.3) is 11.8 Å². The molecule has 2 amide bonds. The smallest absolute Gasteiger partial charge is 0.259 e. The molecule has 0 radical (unpaired) electrons. The Hall–Kier alpha value is -3.95. The Morgan fingerprint density at radius 2 is 1.66 bits per heavy atom. The van der Waals surface area contributed by atoms with E-state index in [9.17, 15) is 9.59 Å². The molecule has 0 aliphatic carbocycles. The number of nitrogens with zero attached hydrogens (tertiary/aromatic N) is 1. The maximum atomic E-state index is 12.4. The minimum atomic E-state index is -0.500. The zero-order chi connectivity index (χ0) is 27.5. The van der Waals surface area contributed by atoms with Crippen LogP contribution in [0.2, 0.25) is 10.0 Å². The van der Waals surface area contributed by atoms with Gasteiger partial charge in [-0.1, -0.05) is 29.3 Å². The molecule has 38 heavy (non-hydrogen) atoms. The first-order valence-electron chi connectivity index (χ1n) is 11.5. The number of nitrogens with one attached hydrogen (secondary N) is 2. The van der Waals surface area contributed by atoms with Crippen LogP contribution in [0, 0.1) is 0 Å². The molecule has 0 fully saturated rings. The van der Waals surface area contributed by atoms with Gasteiger partial charge in [-0.25, -0.2) is 5.43 Å². The average Bonchev–Trinajstić information content (AvgIpc) is 2.91. The van der Waals surface area contributed by atoms with Gasteiger partial charge >= 0.3 is 0 Å². The highest BCUT2D eigenvalue weighted by atomic mass is 35.5. The summed E-state index contributed by atoms with van der Waals surface area (Å²) < 4.78 is 21.9. The van der Waals surface area contributed by atoms with Gasteiger partial charge in [-0.05, 0) is 61.0 Å². The van der Waals surface area contributed by atoms with E-state index in [1.54, 1.807) is 48.5 Å². The number of rotatable bonds is 12. The number of benzene rings is 3. The molecule has 0 atom stereocenters. The highest BCUT2D eigenvalue weighted by Crippen LogP contribution is 2.30. The lowest BCUT2D eigenvalue weighted by Crippen LogP contribution is -2.34. The Balaban J connectivity index is 1.54. The van der Waals surface area contributed by atoms with Crippen LogP contribution in [0.15, 0.2) is 59.7 Å². The predicted molar refractivity (Wildman–Crippen MR) is 146 cm³/mol. The second-order valence-corrected chi connectivity index (χ2v) is 8.55. The number of amides is 2. The summed E-state index contributed by atoms with van der Waals surface area (Å²) in [4.78, 5) is 24.5. The number of carbonyl (C=O) groups is 2. The summed E-state index contributed by atoms with van der Waals surface area (Å²) in [5, 5.41) is 7.53. The number of ether oxygens (including phenoxy) is 4. The van der Waals surface area contributed by atoms with Gasteiger partial charge in [0.05, 0.1) is 33.6 Å². The van der Waals surface area contributed by atoms with Gasteiger partial charge in [0.1, 0.15) is 6.61 Å². The van der Waals surface area contributed by atoms with E-state index in [1.807, 2.05) is 6.92 Å². The fraction of sp³-hybridized carbons (Fsp3) is 0.222. The zero-order valence-electron chi connectivity index (χ0n) is 21.0. The molecule has 11 heteroatoms. The van der Waals surface area contributed by atoms with Crippen molar-refractivity contribution < 1.29 is 28.5 Å². The van der Waals surface area contributed by atoms with Crippen LogP contribution in [0.3, 0.4) is 0 Å². The normalized spacial score (nSPS) is 10.7. The van der Waals surface area contributed by atoms with Crippen LogP contribution in [0.4, 0.5) is 0 Å². The van der Waals surface area contributed by atoms with Crippen LogP contribution in [0.1, 0.15) is 28.4 Å². The summed E-state index contributed by atoms with van der Waals surface area (Å²) >= 11 is 12.2. The third kappa shape index (κ3) is 8.03. The van der Waals surface area contributed by atoms with E-state index in [0.29, 0.717) is 50.8 Å². The van der Waals surface area contributed by atoms with Crippen molar-refractivity contribution in [1.29, 1.82) is 0 Å². The van der Waals surface area contributed by atoms with Gasteiger partial charge in [0.15, 0.2) is 23.0 Å². The third-order valence-corrected chi connectivity index (χ3v) is 5.71. The Morgan fingerprint density at radius 3 is 2.37 bits per heavy atom. The Bertz CT molecular complexity index is 1320. The van der Waals surface area contributed by atoms with Crippen LogP contribution in [0.25, 0.3) is 0 Å². The van der Waals surface area contributed by atoms with Crippen molar-refractivity contribution >= 4 is 41.2 Å². The van der Waals surface area contributed by atoms with Gasteiger partial charge in [-0.2, -0.15) is 5.10 Å². The molecule has 200 valence electrons. The predicted octanol–water partition coefficient (Wildman–Crippen LogP) is 4.87. The van der Waals surface area contributed by atoms with Gasteiger partial charge in [-0.15, -0.1) is 0 Å². The van der Waals surface area contributed by atoms with Crippen molar-refractivity contribution in [2.24, 2.45) is 5.10 Å². The van der Waals surface area contributed by atoms with Crippen molar-refractivity contribution in [3.8, 4) is 23.0 Å². The molecule has 3 rings (SSSR count). The minimum Gasteiger partial charge on any atom is -0.493 e. The summed E-state index contributed by atoms with van der Waals surface area (Å²) in [6, 6.07) is 15.1. The highest BCUT2D eigenvalue weighted by molar-refractivity contribution is 6.35. The first-order valence-corrected chi connectivity index (χ1v) is 12.3.